The molecule has 0 spiro atoms. The molecule has 0 aromatic heterocycles. The first-order chi connectivity index (χ1) is 9.27. The maximum atomic E-state index is 11.6. The molecule has 0 saturated heterocycles. The van der Waals surface area contributed by atoms with E-state index < -0.39 is 15.8 Å². The van der Waals surface area contributed by atoms with Gasteiger partial charge in [-0.2, -0.15) is 0 Å². The highest BCUT2D eigenvalue weighted by Crippen LogP contribution is 2.20. The van der Waals surface area contributed by atoms with Gasteiger partial charge in [0.2, 0.25) is 5.91 Å². The molecule has 110 valence electrons. The van der Waals surface area contributed by atoms with Crippen LogP contribution in [0.15, 0.2) is 23.1 Å². The fraction of sp³-hybridized carbons (Fsp3) is 0.333. The van der Waals surface area contributed by atoms with Crippen molar-refractivity contribution < 1.29 is 22.7 Å². The number of esters is 1. The van der Waals surface area contributed by atoms with E-state index in [4.69, 9.17) is 5.73 Å². The second kappa shape index (κ2) is 6.49. The maximum Gasteiger partial charge on any atom is 0.337 e. The normalized spacial score (nSPS) is 10.9. The van der Waals surface area contributed by atoms with Crippen molar-refractivity contribution in [3.05, 3.63) is 23.8 Å². The molecule has 8 heteroatoms. The minimum atomic E-state index is -3.52. The molecule has 0 saturated carbocycles. The van der Waals surface area contributed by atoms with Crippen molar-refractivity contribution in [2.45, 2.75) is 11.3 Å². The number of rotatable bonds is 5. The van der Waals surface area contributed by atoms with Gasteiger partial charge >= 0.3 is 5.97 Å². The average Bonchev–Trinajstić information content (AvgIpc) is 2.36. The Bertz CT molecular complexity index is 625. The molecule has 0 aliphatic carbocycles. The number of hydrogen-bond acceptors (Lipinski definition) is 6. The highest BCUT2D eigenvalue weighted by Gasteiger charge is 2.15. The Hall–Kier alpha value is -1.93. The van der Waals surface area contributed by atoms with Crippen LogP contribution in [-0.4, -0.2) is 40.2 Å². The molecule has 0 radical (unpaired) electrons. The van der Waals surface area contributed by atoms with Gasteiger partial charge in [0.25, 0.3) is 0 Å². The molecule has 7 nitrogen and oxygen atoms in total. The summed E-state index contributed by atoms with van der Waals surface area (Å²) in [6.07, 6.45) is 1.10. The molecule has 0 aliphatic heterocycles. The van der Waals surface area contributed by atoms with E-state index in [-0.39, 0.29) is 35.0 Å². The molecule has 1 aromatic carbocycles. The van der Waals surface area contributed by atoms with E-state index in [1.807, 2.05) is 0 Å². The van der Waals surface area contributed by atoms with Crippen LogP contribution in [0.4, 0.5) is 5.69 Å². The summed E-state index contributed by atoms with van der Waals surface area (Å²) >= 11 is 0. The molecule has 1 rings (SSSR count). The maximum absolute atomic E-state index is 11.6. The second-order valence-electron chi connectivity index (χ2n) is 4.10. The fourth-order valence-electron chi connectivity index (χ4n) is 1.48. The lowest BCUT2D eigenvalue weighted by Gasteiger charge is -2.09. The van der Waals surface area contributed by atoms with E-state index in [0.29, 0.717) is 0 Å². The lowest BCUT2D eigenvalue weighted by atomic mass is 10.2. The Kier molecular flexibility index (Phi) is 5.23. The van der Waals surface area contributed by atoms with E-state index in [2.05, 4.69) is 10.1 Å². The number of anilines is 1. The topological polar surface area (TPSA) is 116 Å². The standard InChI is InChI=1S/C12H16N2O5S/c1-19-12(16)8-5-9(14-11(15)3-4-13)7-10(6-8)20(2,17)18/h5-7H,3-4,13H2,1-2H3,(H,14,15). The van der Waals surface area contributed by atoms with Gasteiger partial charge in [-0.3, -0.25) is 4.79 Å². The smallest absolute Gasteiger partial charge is 0.337 e. The zero-order chi connectivity index (χ0) is 15.3. The van der Waals surface area contributed by atoms with Crippen molar-refractivity contribution in [3.8, 4) is 0 Å². The van der Waals surface area contributed by atoms with Gasteiger partial charge in [-0.1, -0.05) is 0 Å². The summed E-state index contributed by atoms with van der Waals surface area (Å²) in [5.74, 6) is -1.06. The third-order valence-corrected chi connectivity index (χ3v) is 3.50. The Morgan fingerprint density at radius 2 is 1.95 bits per heavy atom. The number of sulfone groups is 1. The van der Waals surface area contributed by atoms with Gasteiger partial charge in [-0.25, -0.2) is 13.2 Å². The number of ether oxygens (including phenoxy) is 1. The van der Waals surface area contributed by atoms with Crippen molar-refractivity contribution in [1.29, 1.82) is 0 Å². The zero-order valence-corrected chi connectivity index (χ0v) is 12.0. The number of methoxy groups -OCH3 is 1. The lowest BCUT2D eigenvalue weighted by molar-refractivity contribution is -0.116. The first-order valence-electron chi connectivity index (χ1n) is 5.71. The average molecular weight is 300 g/mol. The van der Waals surface area contributed by atoms with Gasteiger partial charge in [0, 0.05) is 24.9 Å². The molecular formula is C12H16N2O5S. The van der Waals surface area contributed by atoms with Crippen LogP contribution in [0.5, 0.6) is 0 Å². The summed E-state index contributed by atoms with van der Waals surface area (Å²) < 4.78 is 27.7. The van der Waals surface area contributed by atoms with E-state index >= 15 is 0 Å². The van der Waals surface area contributed by atoms with E-state index in [1.54, 1.807) is 0 Å². The molecule has 0 bridgehead atoms. The molecular weight excluding hydrogens is 284 g/mol. The summed E-state index contributed by atoms with van der Waals surface area (Å²) in [7, 11) is -2.34. The third-order valence-electron chi connectivity index (χ3n) is 2.41. The van der Waals surface area contributed by atoms with Crippen LogP contribution in [0, 0.1) is 0 Å². The van der Waals surface area contributed by atoms with Gasteiger partial charge in [0.1, 0.15) is 0 Å². The predicted molar refractivity (Wildman–Crippen MR) is 73.2 cm³/mol. The van der Waals surface area contributed by atoms with Crippen molar-refractivity contribution in [2.24, 2.45) is 5.73 Å². The SMILES string of the molecule is COC(=O)c1cc(NC(=O)CCN)cc(S(C)(=O)=O)c1. The monoisotopic (exact) mass is 300 g/mol. The molecule has 3 N–H and O–H groups in total. The van der Waals surface area contributed by atoms with Crippen LogP contribution in [0.2, 0.25) is 0 Å². The minimum absolute atomic E-state index is 0.0403. The molecule has 1 aromatic rings. The van der Waals surface area contributed by atoms with Crippen LogP contribution >= 0.6 is 0 Å². The van der Waals surface area contributed by atoms with E-state index in [0.717, 1.165) is 6.26 Å². The number of amides is 1. The molecule has 20 heavy (non-hydrogen) atoms. The highest BCUT2D eigenvalue weighted by atomic mass is 32.2. The largest absolute Gasteiger partial charge is 0.465 e. The summed E-state index contributed by atoms with van der Waals surface area (Å²) in [5.41, 5.74) is 5.49. The number of carbonyl (C=O) groups excluding carboxylic acids is 2. The van der Waals surface area contributed by atoms with Crippen LogP contribution in [-0.2, 0) is 19.4 Å². The number of nitrogens with one attached hydrogen (secondary N) is 1. The van der Waals surface area contributed by atoms with Gasteiger partial charge in [-0.05, 0) is 18.2 Å². The lowest BCUT2D eigenvalue weighted by Crippen LogP contribution is -2.17. The number of nitrogens with two attached hydrogens (primary N) is 1. The quantitative estimate of drug-likeness (QED) is 0.749. The Labute approximate surface area is 117 Å². The van der Waals surface area contributed by atoms with Gasteiger partial charge in [-0.15, -0.1) is 0 Å². The molecule has 0 heterocycles. The van der Waals surface area contributed by atoms with Crippen molar-refractivity contribution in [1.82, 2.24) is 0 Å². The van der Waals surface area contributed by atoms with Crippen molar-refractivity contribution in [2.75, 3.05) is 25.2 Å². The molecule has 0 aliphatic rings. The van der Waals surface area contributed by atoms with E-state index in [1.165, 1.54) is 25.3 Å². The zero-order valence-electron chi connectivity index (χ0n) is 11.2. The minimum Gasteiger partial charge on any atom is -0.465 e. The summed E-state index contributed by atoms with van der Waals surface area (Å²) in [6, 6.07) is 3.81. The van der Waals surface area contributed by atoms with Gasteiger partial charge in [0.15, 0.2) is 9.84 Å². The summed E-state index contributed by atoms with van der Waals surface area (Å²) in [6.45, 7) is 0.168. The Morgan fingerprint density at radius 1 is 1.30 bits per heavy atom. The van der Waals surface area contributed by atoms with Gasteiger partial charge < -0.3 is 15.8 Å². The number of carbonyl (C=O) groups is 2. The van der Waals surface area contributed by atoms with E-state index in [9.17, 15) is 18.0 Å². The molecule has 0 fully saturated rings. The molecule has 0 unspecified atom stereocenters. The fourth-order valence-corrected chi connectivity index (χ4v) is 2.16. The molecule has 0 atom stereocenters. The second-order valence-corrected chi connectivity index (χ2v) is 6.11. The van der Waals surface area contributed by atoms with Crippen molar-refractivity contribution >= 4 is 27.4 Å². The summed E-state index contributed by atoms with van der Waals surface area (Å²) in [4.78, 5) is 22.9. The Morgan fingerprint density at radius 3 is 2.45 bits per heavy atom. The first-order valence-corrected chi connectivity index (χ1v) is 7.60. The number of benzene rings is 1. The number of hydrogen-bond donors (Lipinski definition) is 2. The predicted octanol–water partition coefficient (Wildman–Crippen LogP) is 0.164. The Balaban J connectivity index is 3.24. The highest BCUT2D eigenvalue weighted by molar-refractivity contribution is 7.90. The van der Waals surface area contributed by atoms with Gasteiger partial charge in [0.05, 0.1) is 17.6 Å². The van der Waals surface area contributed by atoms with Crippen LogP contribution < -0.4 is 11.1 Å². The summed E-state index contributed by atoms with van der Waals surface area (Å²) in [5, 5.41) is 2.48. The third kappa shape index (κ3) is 4.32. The van der Waals surface area contributed by atoms with Crippen molar-refractivity contribution in [3.63, 3.8) is 0 Å². The van der Waals surface area contributed by atoms with Crippen LogP contribution in [0.3, 0.4) is 0 Å². The van der Waals surface area contributed by atoms with Crippen LogP contribution in [0.1, 0.15) is 16.8 Å². The van der Waals surface area contributed by atoms with Crippen LogP contribution in [0.25, 0.3) is 0 Å². The molecule has 1 amide bonds. The first kappa shape index (κ1) is 16.1.